The highest BCUT2D eigenvalue weighted by molar-refractivity contribution is 6.21. The number of carbonyl (C=O) groups excluding carboxylic acids is 2. The molecule has 0 spiro atoms. The van der Waals surface area contributed by atoms with Gasteiger partial charge in [0.1, 0.15) is 0 Å². The van der Waals surface area contributed by atoms with Crippen molar-refractivity contribution >= 4 is 24.2 Å². The highest BCUT2D eigenvalue weighted by Gasteiger charge is 2.35. The van der Waals surface area contributed by atoms with E-state index in [4.69, 9.17) is 5.73 Å². The molecule has 2 N–H and O–H groups in total. The van der Waals surface area contributed by atoms with E-state index in [9.17, 15) is 9.59 Å². The number of rotatable bonds is 4. The standard InChI is InChI=1S/C17H23N3O2.ClH/c1-12(18)13-5-4-8-19(11-13)9-10-20-16(21)14-6-2-3-7-15(14)17(20)22;/h2-3,6-7,12-13H,4-5,8-11,18H2,1H3;1H. The lowest BCUT2D eigenvalue weighted by atomic mass is 9.92. The zero-order chi connectivity index (χ0) is 15.7. The Morgan fingerprint density at radius 1 is 1.17 bits per heavy atom. The third kappa shape index (κ3) is 3.57. The summed E-state index contributed by atoms with van der Waals surface area (Å²) >= 11 is 0. The van der Waals surface area contributed by atoms with Crippen LogP contribution >= 0.6 is 12.4 Å². The predicted octanol–water partition coefficient (Wildman–Crippen LogP) is 1.76. The topological polar surface area (TPSA) is 66.6 Å². The number of benzene rings is 1. The van der Waals surface area contributed by atoms with Crippen LogP contribution in [0.3, 0.4) is 0 Å². The molecule has 0 saturated carbocycles. The fraction of sp³-hybridized carbons (Fsp3) is 0.529. The molecule has 2 unspecified atom stereocenters. The number of hydrogen-bond donors (Lipinski definition) is 1. The Morgan fingerprint density at radius 3 is 2.35 bits per heavy atom. The van der Waals surface area contributed by atoms with Gasteiger partial charge >= 0.3 is 0 Å². The van der Waals surface area contributed by atoms with Crippen molar-refractivity contribution in [1.29, 1.82) is 0 Å². The molecule has 0 aromatic heterocycles. The van der Waals surface area contributed by atoms with Gasteiger partial charge in [-0.25, -0.2) is 0 Å². The molecule has 6 heteroatoms. The molecule has 2 heterocycles. The number of halogens is 1. The molecule has 2 amide bonds. The molecular formula is C17H24ClN3O2. The first-order valence-corrected chi connectivity index (χ1v) is 8.01. The minimum atomic E-state index is -0.165. The average molecular weight is 338 g/mol. The second-order valence-corrected chi connectivity index (χ2v) is 6.37. The number of nitrogens with two attached hydrogens (primary N) is 1. The van der Waals surface area contributed by atoms with Crippen molar-refractivity contribution in [2.45, 2.75) is 25.8 Å². The summed E-state index contributed by atoms with van der Waals surface area (Å²) in [6.07, 6.45) is 2.30. The number of fused-ring (bicyclic) bond motifs is 1. The number of nitrogens with zero attached hydrogens (tertiary/aromatic N) is 2. The summed E-state index contributed by atoms with van der Waals surface area (Å²) in [4.78, 5) is 28.3. The largest absolute Gasteiger partial charge is 0.328 e. The Hall–Kier alpha value is -1.43. The Labute approximate surface area is 143 Å². The van der Waals surface area contributed by atoms with E-state index in [0.717, 1.165) is 26.1 Å². The molecule has 5 nitrogen and oxygen atoms in total. The molecule has 126 valence electrons. The molecule has 3 rings (SSSR count). The quantitative estimate of drug-likeness (QED) is 0.850. The summed E-state index contributed by atoms with van der Waals surface area (Å²) in [5.74, 6) is 0.179. The number of carbonyl (C=O) groups is 2. The van der Waals surface area contributed by atoms with Crippen molar-refractivity contribution < 1.29 is 9.59 Å². The maximum Gasteiger partial charge on any atom is 0.261 e. The molecule has 0 radical (unpaired) electrons. The third-order valence-electron chi connectivity index (χ3n) is 4.80. The van der Waals surface area contributed by atoms with Gasteiger partial charge in [-0.3, -0.25) is 14.5 Å². The van der Waals surface area contributed by atoms with E-state index in [1.165, 1.54) is 11.3 Å². The van der Waals surface area contributed by atoms with E-state index < -0.39 is 0 Å². The molecular weight excluding hydrogens is 314 g/mol. The lowest BCUT2D eigenvalue weighted by Crippen LogP contribution is -2.45. The van der Waals surface area contributed by atoms with Crippen molar-refractivity contribution in [1.82, 2.24) is 9.80 Å². The molecule has 1 aromatic rings. The van der Waals surface area contributed by atoms with Gasteiger partial charge in [-0.1, -0.05) is 12.1 Å². The van der Waals surface area contributed by atoms with Crippen LogP contribution in [0, 0.1) is 5.92 Å². The highest BCUT2D eigenvalue weighted by atomic mass is 35.5. The second kappa shape index (κ2) is 7.43. The average Bonchev–Trinajstić information content (AvgIpc) is 2.78. The van der Waals surface area contributed by atoms with Gasteiger partial charge in [-0.15, -0.1) is 12.4 Å². The van der Waals surface area contributed by atoms with Crippen molar-refractivity contribution in [3.05, 3.63) is 35.4 Å². The molecule has 0 bridgehead atoms. The van der Waals surface area contributed by atoms with Crippen molar-refractivity contribution in [3.8, 4) is 0 Å². The monoisotopic (exact) mass is 337 g/mol. The molecule has 1 saturated heterocycles. The van der Waals surface area contributed by atoms with Gasteiger partial charge in [-0.05, 0) is 44.4 Å². The fourth-order valence-corrected chi connectivity index (χ4v) is 3.41. The summed E-state index contributed by atoms with van der Waals surface area (Å²) in [5, 5.41) is 0. The van der Waals surface area contributed by atoms with E-state index in [-0.39, 0.29) is 30.3 Å². The van der Waals surface area contributed by atoms with Gasteiger partial charge in [-0.2, -0.15) is 0 Å². The summed E-state index contributed by atoms with van der Waals surface area (Å²) in [6, 6.07) is 7.24. The SMILES string of the molecule is CC(N)C1CCCN(CCN2C(=O)c3ccccc3C2=O)C1.Cl. The first-order chi connectivity index (χ1) is 10.6. The minimum absolute atomic E-state index is 0. The number of piperidine rings is 1. The van der Waals surface area contributed by atoms with Crippen LogP contribution < -0.4 is 5.73 Å². The molecule has 2 atom stereocenters. The van der Waals surface area contributed by atoms with Crippen molar-refractivity contribution in [2.75, 3.05) is 26.2 Å². The van der Waals surface area contributed by atoms with Gasteiger partial charge < -0.3 is 10.6 Å². The van der Waals surface area contributed by atoms with Gasteiger partial charge in [0.15, 0.2) is 0 Å². The lowest BCUT2D eigenvalue weighted by molar-refractivity contribution is 0.0620. The zero-order valence-corrected chi connectivity index (χ0v) is 14.2. The second-order valence-electron chi connectivity index (χ2n) is 6.37. The number of likely N-dealkylation sites (tertiary alicyclic amines) is 1. The fourth-order valence-electron chi connectivity index (χ4n) is 3.41. The van der Waals surface area contributed by atoms with E-state index in [2.05, 4.69) is 11.8 Å². The van der Waals surface area contributed by atoms with Crippen molar-refractivity contribution in [2.24, 2.45) is 11.7 Å². The van der Waals surface area contributed by atoms with Crippen LogP contribution in [0.4, 0.5) is 0 Å². The summed E-state index contributed by atoms with van der Waals surface area (Å²) in [6.45, 7) is 5.22. The molecule has 1 aromatic carbocycles. The molecule has 2 aliphatic rings. The van der Waals surface area contributed by atoms with Crippen LogP contribution in [0.2, 0.25) is 0 Å². The van der Waals surface area contributed by atoms with Crippen LogP contribution in [0.15, 0.2) is 24.3 Å². The Kier molecular flexibility index (Phi) is 5.79. The Bertz CT molecular complexity index is 556. The van der Waals surface area contributed by atoms with Gasteiger partial charge in [0.25, 0.3) is 11.8 Å². The Morgan fingerprint density at radius 2 is 1.78 bits per heavy atom. The van der Waals surface area contributed by atoms with Crippen LogP contribution in [0.25, 0.3) is 0 Å². The smallest absolute Gasteiger partial charge is 0.261 e. The van der Waals surface area contributed by atoms with Crippen LogP contribution in [-0.2, 0) is 0 Å². The predicted molar refractivity (Wildman–Crippen MR) is 91.9 cm³/mol. The zero-order valence-electron chi connectivity index (χ0n) is 13.4. The van der Waals surface area contributed by atoms with Crippen LogP contribution in [0.1, 0.15) is 40.5 Å². The summed E-state index contributed by atoms with van der Waals surface area (Å²) < 4.78 is 0. The van der Waals surface area contributed by atoms with Crippen LogP contribution in [0.5, 0.6) is 0 Å². The Balaban J connectivity index is 0.00000192. The molecule has 1 fully saturated rings. The van der Waals surface area contributed by atoms with E-state index in [1.54, 1.807) is 24.3 Å². The van der Waals surface area contributed by atoms with Gasteiger partial charge in [0, 0.05) is 25.7 Å². The maximum atomic E-state index is 12.3. The first kappa shape index (κ1) is 17.9. The number of imide groups is 1. The maximum absolute atomic E-state index is 12.3. The lowest BCUT2D eigenvalue weighted by Gasteiger charge is -2.35. The van der Waals surface area contributed by atoms with Crippen molar-refractivity contribution in [3.63, 3.8) is 0 Å². The minimum Gasteiger partial charge on any atom is -0.328 e. The van der Waals surface area contributed by atoms with E-state index in [1.807, 2.05) is 0 Å². The third-order valence-corrected chi connectivity index (χ3v) is 4.80. The molecule has 0 aliphatic carbocycles. The molecule has 2 aliphatic heterocycles. The summed E-state index contributed by atoms with van der Waals surface area (Å²) in [7, 11) is 0. The normalized spacial score (nSPS) is 22.7. The van der Waals surface area contributed by atoms with Gasteiger partial charge in [0.05, 0.1) is 11.1 Å². The number of hydrogen-bond acceptors (Lipinski definition) is 4. The first-order valence-electron chi connectivity index (χ1n) is 8.01. The van der Waals surface area contributed by atoms with E-state index in [0.29, 0.717) is 23.6 Å². The summed E-state index contributed by atoms with van der Waals surface area (Å²) in [5.41, 5.74) is 7.06. The van der Waals surface area contributed by atoms with Crippen LogP contribution in [-0.4, -0.2) is 53.8 Å². The number of amides is 2. The van der Waals surface area contributed by atoms with E-state index >= 15 is 0 Å². The molecule has 23 heavy (non-hydrogen) atoms. The highest BCUT2D eigenvalue weighted by Crippen LogP contribution is 2.23. The van der Waals surface area contributed by atoms with Gasteiger partial charge in [0.2, 0.25) is 0 Å².